The van der Waals surface area contributed by atoms with Gasteiger partial charge in [-0.25, -0.2) is 0 Å². The van der Waals surface area contributed by atoms with Crippen LogP contribution < -0.4 is 0 Å². The molecule has 2 atom stereocenters. The first-order valence-electron chi connectivity index (χ1n) is 8.13. The summed E-state index contributed by atoms with van der Waals surface area (Å²) >= 11 is 0. The van der Waals surface area contributed by atoms with Crippen LogP contribution in [0.1, 0.15) is 31.7 Å². The van der Waals surface area contributed by atoms with Crippen molar-refractivity contribution in [3.63, 3.8) is 0 Å². The molecule has 116 valence electrons. The summed E-state index contributed by atoms with van der Waals surface area (Å²) in [7, 11) is 0. The smallest absolute Gasteiger partial charge is 0.0677 e. The summed E-state index contributed by atoms with van der Waals surface area (Å²) in [6.45, 7) is 7.82. The van der Waals surface area contributed by atoms with E-state index in [2.05, 4.69) is 28.9 Å². The molecule has 2 saturated heterocycles. The standard InChI is InChI=1S/C17H26N2O2/c1-2-20-14-17-7-3-11-21-16(17)6-10-19(13-17)12-15-4-8-18-9-5-15/h4-5,8-9,16H,2-3,6-7,10-14H2,1H3/t16-,17-/m1/s1. The van der Waals surface area contributed by atoms with Gasteiger partial charge in [0.25, 0.3) is 0 Å². The molecule has 0 saturated carbocycles. The topological polar surface area (TPSA) is 34.6 Å². The quantitative estimate of drug-likeness (QED) is 0.834. The van der Waals surface area contributed by atoms with Crippen LogP contribution in [0.4, 0.5) is 0 Å². The molecule has 4 heteroatoms. The van der Waals surface area contributed by atoms with Gasteiger partial charge in [-0.2, -0.15) is 0 Å². The summed E-state index contributed by atoms with van der Waals surface area (Å²) < 4.78 is 11.9. The van der Waals surface area contributed by atoms with Crippen LogP contribution in [0.2, 0.25) is 0 Å². The van der Waals surface area contributed by atoms with Gasteiger partial charge in [-0.05, 0) is 43.9 Å². The number of pyridine rings is 1. The maximum atomic E-state index is 6.06. The van der Waals surface area contributed by atoms with E-state index in [9.17, 15) is 0 Å². The molecule has 0 spiro atoms. The Bertz CT molecular complexity index is 440. The fourth-order valence-electron chi connectivity index (χ4n) is 3.78. The number of hydrogen-bond acceptors (Lipinski definition) is 4. The van der Waals surface area contributed by atoms with Crippen LogP contribution in [0.25, 0.3) is 0 Å². The lowest BCUT2D eigenvalue weighted by Crippen LogP contribution is -2.56. The molecule has 21 heavy (non-hydrogen) atoms. The zero-order valence-electron chi connectivity index (χ0n) is 13.0. The van der Waals surface area contributed by atoms with E-state index < -0.39 is 0 Å². The summed E-state index contributed by atoms with van der Waals surface area (Å²) in [5, 5.41) is 0. The highest BCUT2D eigenvalue weighted by Gasteiger charge is 2.45. The molecule has 3 heterocycles. The Morgan fingerprint density at radius 1 is 1.43 bits per heavy atom. The van der Waals surface area contributed by atoms with E-state index in [4.69, 9.17) is 9.47 Å². The fraction of sp³-hybridized carbons (Fsp3) is 0.706. The van der Waals surface area contributed by atoms with Crippen molar-refractivity contribution in [1.29, 1.82) is 0 Å². The lowest BCUT2D eigenvalue weighted by molar-refractivity contribution is -0.153. The van der Waals surface area contributed by atoms with Crippen LogP contribution in [-0.2, 0) is 16.0 Å². The maximum absolute atomic E-state index is 6.06. The Morgan fingerprint density at radius 2 is 2.29 bits per heavy atom. The SMILES string of the molecule is CCOC[C@]12CCCO[C@@H]1CCN(Cc1ccncc1)C2. The number of hydrogen-bond donors (Lipinski definition) is 0. The van der Waals surface area contributed by atoms with Crippen molar-refractivity contribution in [3.05, 3.63) is 30.1 Å². The van der Waals surface area contributed by atoms with Crippen molar-refractivity contribution in [2.45, 2.75) is 38.8 Å². The third-order valence-electron chi connectivity index (χ3n) is 4.82. The van der Waals surface area contributed by atoms with Crippen LogP contribution in [0.5, 0.6) is 0 Å². The summed E-state index contributed by atoms with van der Waals surface area (Å²) in [5.74, 6) is 0. The first-order chi connectivity index (χ1) is 10.3. The summed E-state index contributed by atoms with van der Waals surface area (Å²) in [6.07, 6.45) is 7.64. The Labute approximate surface area is 127 Å². The second-order valence-electron chi connectivity index (χ2n) is 6.32. The number of aromatic nitrogens is 1. The molecule has 2 aliphatic heterocycles. The van der Waals surface area contributed by atoms with E-state index in [-0.39, 0.29) is 5.41 Å². The predicted molar refractivity (Wildman–Crippen MR) is 82.0 cm³/mol. The monoisotopic (exact) mass is 290 g/mol. The second-order valence-corrected chi connectivity index (χ2v) is 6.32. The summed E-state index contributed by atoms with van der Waals surface area (Å²) in [5.41, 5.74) is 1.53. The van der Waals surface area contributed by atoms with Gasteiger partial charge in [0.05, 0.1) is 12.7 Å². The van der Waals surface area contributed by atoms with Crippen LogP contribution in [0, 0.1) is 5.41 Å². The first kappa shape index (κ1) is 14.9. The zero-order chi connectivity index (χ0) is 14.5. The summed E-state index contributed by atoms with van der Waals surface area (Å²) in [6, 6.07) is 4.22. The van der Waals surface area contributed by atoms with E-state index in [1.165, 1.54) is 12.0 Å². The zero-order valence-corrected chi connectivity index (χ0v) is 13.0. The normalized spacial score (nSPS) is 30.0. The molecular formula is C17H26N2O2. The fourth-order valence-corrected chi connectivity index (χ4v) is 3.78. The van der Waals surface area contributed by atoms with E-state index in [1.807, 2.05) is 12.4 Å². The largest absolute Gasteiger partial charge is 0.381 e. The van der Waals surface area contributed by atoms with Gasteiger partial charge in [0.2, 0.25) is 0 Å². The molecule has 0 N–H and O–H groups in total. The molecule has 0 amide bonds. The van der Waals surface area contributed by atoms with Crippen LogP contribution >= 0.6 is 0 Å². The predicted octanol–water partition coefficient (Wildman–Crippen LogP) is 2.49. The van der Waals surface area contributed by atoms with Crippen molar-refractivity contribution in [3.8, 4) is 0 Å². The van der Waals surface area contributed by atoms with E-state index >= 15 is 0 Å². The molecular weight excluding hydrogens is 264 g/mol. The highest BCUT2D eigenvalue weighted by atomic mass is 16.5. The number of piperidine rings is 1. The Kier molecular flexibility index (Phi) is 4.88. The first-order valence-corrected chi connectivity index (χ1v) is 8.13. The molecule has 3 rings (SSSR count). The molecule has 0 aliphatic carbocycles. The van der Waals surface area contributed by atoms with Crippen molar-refractivity contribution < 1.29 is 9.47 Å². The van der Waals surface area contributed by atoms with Crippen molar-refractivity contribution >= 4 is 0 Å². The molecule has 0 aromatic carbocycles. The molecule has 1 aromatic heterocycles. The maximum Gasteiger partial charge on any atom is 0.0677 e. The highest BCUT2D eigenvalue weighted by molar-refractivity contribution is 5.10. The molecule has 2 fully saturated rings. The highest BCUT2D eigenvalue weighted by Crippen LogP contribution is 2.40. The molecule has 0 radical (unpaired) electrons. The third kappa shape index (κ3) is 3.44. The van der Waals surface area contributed by atoms with Crippen LogP contribution in [-0.4, -0.2) is 48.9 Å². The van der Waals surface area contributed by atoms with Gasteiger partial charge < -0.3 is 9.47 Å². The minimum absolute atomic E-state index is 0.194. The Hall–Kier alpha value is -0.970. The number of fused-ring (bicyclic) bond motifs is 1. The van der Waals surface area contributed by atoms with Crippen molar-refractivity contribution in [2.75, 3.05) is 32.9 Å². The number of rotatable bonds is 5. The van der Waals surface area contributed by atoms with Gasteiger partial charge in [-0.15, -0.1) is 0 Å². The molecule has 1 aromatic rings. The van der Waals surface area contributed by atoms with Crippen molar-refractivity contribution in [2.24, 2.45) is 5.41 Å². The van der Waals surface area contributed by atoms with Gasteiger partial charge in [-0.1, -0.05) is 0 Å². The van der Waals surface area contributed by atoms with E-state index in [1.54, 1.807) is 0 Å². The average molecular weight is 290 g/mol. The third-order valence-corrected chi connectivity index (χ3v) is 4.82. The van der Waals surface area contributed by atoms with Gasteiger partial charge >= 0.3 is 0 Å². The second kappa shape index (κ2) is 6.86. The number of ether oxygens (including phenoxy) is 2. The lowest BCUT2D eigenvalue weighted by atomic mass is 9.73. The van der Waals surface area contributed by atoms with Crippen LogP contribution in [0.3, 0.4) is 0 Å². The number of likely N-dealkylation sites (tertiary alicyclic amines) is 1. The van der Waals surface area contributed by atoms with Gasteiger partial charge in [0.15, 0.2) is 0 Å². The van der Waals surface area contributed by atoms with Gasteiger partial charge in [0.1, 0.15) is 0 Å². The molecule has 2 aliphatic rings. The lowest BCUT2D eigenvalue weighted by Gasteiger charge is -2.50. The van der Waals surface area contributed by atoms with Gasteiger partial charge in [-0.3, -0.25) is 9.88 Å². The molecule has 4 nitrogen and oxygen atoms in total. The van der Waals surface area contributed by atoms with E-state index in [0.29, 0.717) is 6.10 Å². The summed E-state index contributed by atoms with van der Waals surface area (Å²) in [4.78, 5) is 6.65. The van der Waals surface area contributed by atoms with E-state index in [0.717, 1.165) is 52.3 Å². The Morgan fingerprint density at radius 3 is 3.10 bits per heavy atom. The molecule has 0 bridgehead atoms. The van der Waals surface area contributed by atoms with Crippen molar-refractivity contribution in [1.82, 2.24) is 9.88 Å². The van der Waals surface area contributed by atoms with Gasteiger partial charge in [0, 0.05) is 50.7 Å². The Balaban J connectivity index is 1.68. The van der Waals surface area contributed by atoms with Crippen LogP contribution in [0.15, 0.2) is 24.5 Å². The molecule has 0 unspecified atom stereocenters. The minimum Gasteiger partial charge on any atom is -0.381 e. The average Bonchev–Trinajstić information content (AvgIpc) is 2.54. The number of nitrogens with zero attached hydrogens (tertiary/aromatic N) is 2. The minimum atomic E-state index is 0.194.